The Balaban J connectivity index is 0.000000364. The quantitative estimate of drug-likeness (QED) is 0.142. The molecule has 4 nitrogen and oxygen atoms in total. The molecule has 0 fully saturated rings. The minimum absolute atomic E-state index is 0. The number of rotatable bonds is 8. The van der Waals surface area contributed by atoms with Gasteiger partial charge in [0.05, 0.1) is 22.4 Å². The molecule has 5 heteroatoms. The third-order valence-electron chi connectivity index (χ3n) is 14.8. The Morgan fingerprint density at radius 1 is 0.481 bits per heavy atom. The Hall–Kier alpha value is -7.17. The first-order valence-electron chi connectivity index (χ1n) is 27.0. The van der Waals surface area contributed by atoms with E-state index < -0.39 is 0 Å². The Bertz CT molecular complexity index is 3800. The third kappa shape index (κ3) is 11.3. The van der Waals surface area contributed by atoms with Gasteiger partial charge in [0.1, 0.15) is 5.58 Å². The van der Waals surface area contributed by atoms with E-state index in [4.69, 9.17) is 9.40 Å². The van der Waals surface area contributed by atoms with Crippen molar-refractivity contribution in [3.8, 4) is 61.7 Å². The number of aromatic nitrogens is 3. The minimum Gasteiger partial charge on any atom is -0.501 e. The van der Waals surface area contributed by atoms with Crippen LogP contribution in [0.15, 0.2) is 187 Å². The Kier molecular flexibility index (Phi) is 15.4. The summed E-state index contributed by atoms with van der Waals surface area (Å²) >= 11 is 0. The average Bonchev–Trinajstić information content (AvgIpc) is 3.99. The minimum atomic E-state index is 0. The Morgan fingerprint density at radius 3 is 1.65 bits per heavy atom. The molecule has 8 aromatic carbocycles. The van der Waals surface area contributed by atoms with Gasteiger partial charge in [0, 0.05) is 37.4 Å². The zero-order valence-electron chi connectivity index (χ0n) is 47.1. The summed E-state index contributed by atoms with van der Waals surface area (Å²) in [4.78, 5) is 9.77. The first-order valence-corrected chi connectivity index (χ1v) is 27.0. The predicted octanol–water partition coefficient (Wildman–Crippen LogP) is 20.1. The summed E-state index contributed by atoms with van der Waals surface area (Å²) in [5, 5.41) is 2.14. The van der Waals surface area contributed by atoms with Crippen molar-refractivity contribution in [2.24, 2.45) is 0 Å². The van der Waals surface area contributed by atoms with Gasteiger partial charge >= 0.3 is 0 Å². The third-order valence-corrected chi connectivity index (χ3v) is 14.8. The van der Waals surface area contributed by atoms with Crippen molar-refractivity contribution in [3.63, 3.8) is 0 Å². The van der Waals surface area contributed by atoms with E-state index in [-0.39, 0.29) is 48.2 Å². The first kappa shape index (κ1) is 54.6. The fourth-order valence-corrected chi connectivity index (χ4v) is 10.2. The van der Waals surface area contributed by atoms with Crippen LogP contribution in [0.1, 0.15) is 130 Å². The van der Waals surface area contributed by atoms with E-state index >= 15 is 0 Å². The van der Waals surface area contributed by atoms with Crippen LogP contribution in [0.5, 0.6) is 0 Å². The van der Waals surface area contributed by atoms with Crippen molar-refractivity contribution >= 4 is 33.0 Å². The average molecular weight is 1190 g/mol. The number of hydrogen-bond donors (Lipinski definition) is 0. The zero-order valence-corrected chi connectivity index (χ0v) is 49.5. The molecule has 0 unspecified atom stereocenters. The Morgan fingerprint density at radius 2 is 1.05 bits per heavy atom. The fourth-order valence-electron chi connectivity index (χ4n) is 10.2. The van der Waals surface area contributed by atoms with Crippen LogP contribution in [0.25, 0.3) is 94.7 Å². The maximum atomic E-state index is 6.82. The van der Waals surface area contributed by atoms with Gasteiger partial charge in [-0.1, -0.05) is 204 Å². The first-order chi connectivity index (χ1) is 36.2. The summed E-state index contributed by atoms with van der Waals surface area (Å²) in [6, 6.07) is 69.8. The van der Waals surface area contributed by atoms with Crippen LogP contribution >= 0.6 is 0 Å². The molecule has 11 rings (SSSR count). The molecule has 0 aliphatic carbocycles. The van der Waals surface area contributed by atoms with E-state index in [0.29, 0.717) is 0 Å². The van der Waals surface area contributed by atoms with Crippen molar-refractivity contribution in [1.82, 2.24) is 14.5 Å². The maximum absolute atomic E-state index is 6.82. The number of nitrogens with zero attached hydrogens (tertiary/aromatic N) is 3. The largest absolute Gasteiger partial charge is 0.501 e. The number of benzene rings is 8. The SMILES string of the molecule is CC(C)(C)c1ccnc(-c2[c-]cccc2)c1.CC(C)c1cc(-c2ccc(-c3cc(C(C)(C)C)cc(C(C)(C)C)c3)cc2)cc(C(C)C)c1-n1c(-c2[c-]ccc3c2oc2cc(-c4ccccc4)ccc23)nc2ccccc21.[Ir]. The summed E-state index contributed by atoms with van der Waals surface area (Å²) < 4.78 is 9.21. The number of imidazole rings is 1. The van der Waals surface area contributed by atoms with Gasteiger partial charge in [0.2, 0.25) is 0 Å². The molecule has 3 aromatic heterocycles. The standard InChI is InChI=1S/C57H55N2O.C15H16N.Ir/c1-35(2)48-31-42(39-25-23-38(24-26-39)41-29-43(56(5,6)7)34-44(30-41)57(8,9)10)32-49(36(3)4)53(48)59-51-22-15-14-21-50(51)58-55(59)47-20-16-19-46-45-28-27-40(33-52(45)60-54(46)47)37-17-12-11-13-18-37;1-15(2,3)13-9-10-16-14(11-13)12-7-5-4-6-8-12;/h11-19,21-36H,1-10H3;4-7,9-11H,1-3H3;/q2*-1;. The van der Waals surface area contributed by atoms with E-state index in [0.717, 1.165) is 66.7 Å². The fraction of sp³-hybridized carbons (Fsp3) is 0.250. The predicted molar refractivity (Wildman–Crippen MR) is 322 cm³/mol. The van der Waals surface area contributed by atoms with Gasteiger partial charge in [0.15, 0.2) is 0 Å². The number of para-hydroxylation sites is 2. The van der Waals surface area contributed by atoms with E-state index in [1.807, 2.05) is 42.6 Å². The molecule has 11 aromatic rings. The van der Waals surface area contributed by atoms with Gasteiger partial charge in [-0.2, -0.15) is 0 Å². The number of fused-ring (bicyclic) bond motifs is 4. The molecule has 0 atom stereocenters. The van der Waals surface area contributed by atoms with Crippen LogP contribution in [0.4, 0.5) is 0 Å². The number of hydrogen-bond acceptors (Lipinski definition) is 3. The molecule has 0 saturated heterocycles. The molecule has 0 bridgehead atoms. The molecule has 0 aliphatic heterocycles. The van der Waals surface area contributed by atoms with Gasteiger partial charge in [0.25, 0.3) is 0 Å². The van der Waals surface area contributed by atoms with Gasteiger partial charge in [-0.15, -0.1) is 54.1 Å². The second-order valence-electron chi connectivity index (χ2n) is 24.2. The second-order valence-corrected chi connectivity index (χ2v) is 24.2. The summed E-state index contributed by atoms with van der Waals surface area (Å²) in [5.41, 5.74) is 21.8. The summed E-state index contributed by atoms with van der Waals surface area (Å²) in [6.45, 7) is 29.7. The van der Waals surface area contributed by atoms with Crippen LogP contribution in [-0.4, -0.2) is 14.5 Å². The normalized spacial score (nSPS) is 12.1. The van der Waals surface area contributed by atoms with Crippen molar-refractivity contribution in [2.45, 2.75) is 118 Å². The summed E-state index contributed by atoms with van der Waals surface area (Å²) in [7, 11) is 0. The molecule has 0 amide bonds. The maximum Gasteiger partial charge on any atom is 0.121 e. The molecule has 0 N–H and O–H groups in total. The Labute approximate surface area is 471 Å². The molecular weight excluding hydrogens is 1120 g/mol. The van der Waals surface area contributed by atoms with E-state index in [1.165, 1.54) is 55.8 Å². The molecule has 1 radical (unpaired) electrons. The summed E-state index contributed by atoms with van der Waals surface area (Å²) in [6.07, 6.45) is 1.87. The second kappa shape index (κ2) is 21.7. The molecule has 0 aliphatic rings. The van der Waals surface area contributed by atoms with Gasteiger partial charge in [-0.05, 0) is 131 Å². The van der Waals surface area contributed by atoms with Gasteiger partial charge < -0.3 is 14.0 Å². The van der Waals surface area contributed by atoms with Crippen LogP contribution in [0.2, 0.25) is 0 Å². The molecule has 0 saturated carbocycles. The smallest absolute Gasteiger partial charge is 0.121 e. The number of pyridine rings is 1. The van der Waals surface area contributed by atoms with Crippen LogP contribution in [0.3, 0.4) is 0 Å². The van der Waals surface area contributed by atoms with Crippen molar-refractivity contribution in [2.75, 3.05) is 0 Å². The topological polar surface area (TPSA) is 43.9 Å². The monoisotopic (exact) mass is 1190 g/mol. The van der Waals surface area contributed by atoms with Gasteiger partial charge in [-0.25, -0.2) is 0 Å². The van der Waals surface area contributed by atoms with Crippen molar-refractivity contribution in [3.05, 3.63) is 222 Å². The molecular formula is C72H71IrN3O-2. The van der Waals surface area contributed by atoms with Gasteiger partial charge in [-0.3, -0.25) is 4.98 Å². The van der Waals surface area contributed by atoms with E-state index in [2.05, 4.69) is 251 Å². The molecule has 391 valence electrons. The van der Waals surface area contributed by atoms with Crippen LogP contribution in [0, 0.1) is 12.1 Å². The van der Waals surface area contributed by atoms with Crippen LogP contribution in [-0.2, 0) is 36.4 Å². The summed E-state index contributed by atoms with van der Waals surface area (Å²) in [5.74, 6) is 1.31. The van der Waals surface area contributed by atoms with E-state index in [9.17, 15) is 0 Å². The molecule has 3 heterocycles. The molecule has 77 heavy (non-hydrogen) atoms. The van der Waals surface area contributed by atoms with E-state index in [1.54, 1.807) is 0 Å². The van der Waals surface area contributed by atoms with Crippen LogP contribution < -0.4 is 0 Å². The zero-order chi connectivity index (χ0) is 53.7. The number of furan rings is 1. The molecule has 0 spiro atoms. The van der Waals surface area contributed by atoms with Crippen molar-refractivity contribution < 1.29 is 24.5 Å². The van der Waals surface area contributed by atoms with Crippen molar-refractivity contribution in [1.29, 1.82) is 0 Å².